The van der Waals surface area contributed by atoms with Crippen LogP contribution in [-0.2, 0) is 9.59 Å². The van der Waals surface area contributed by atoms with Gasteiger partial charge in [-0.05, 0) is 38.3 Å². The molecule has 1 saturated heterocycles. The lowest BCUT2D eigenvalue weighted by Gasteiger charge is -2.35. The van der Waals surface area contributed by atoms with Gasteiger partial charge < -0.3 is 9.80 Å². The summed E-state index contributed by atoms with van der Waals surface area (Å²) < 4.78 is 0. The molecular formula is C17H23N3O2. The van der Waals surface area contributed by atoms with Gasteiger partial charge in [0, 0.05) is 38.2 Å². The molecule has 2 atom stereocenters. The average Bonchev–Trinajstić information content (AvgIpc) is 3.35. The predicted octanol–water partition coefficient (Wildman–Crippen LogP) is 2.00. The highest BCUT2D eigenvalue weighted by Crippen LogP contribution is 2.36. The summed E-state index contributed by atoms with van der Waals surface area (Å²) in [6.45, 7) is 2.71. The molecule has 0 N–H and O–H groups in total. The van der Waals surface area contributed by atoms with Crippen LogP contribution in [0.1, 0.15) is 44.3 Å². The van der Waals surface area contributed by atoms with Crippen LogP contribution >= 0.6 is 0 Å². The van der Waals surface area contributed by atoms with Crippen LogP contribution in [0, 0.1) is 5.92 Å². The molecule has 1 aliphatic carbocycles. The van der Waals surface area contributed by atoms with Crippen LogP contribution in [-0.4, -0.2) is 46.2 Å². The number of nitrogens with zero attached hydrogens (tertiary/aromatic N) is 3. The minimum atomic E-state index is -0.171. The number of carbonyl (C=O) groups is 2. The smallest absolute Gasteiger partial charge is 0.227 e. The second-order valence-electron chi connectivity index (χ2n) is 6.41. The first kappa shape index (κ1) is 15.0. The summed E-state index contributed by atoms with van der Waals surface area (Å²) in [6, 6.07) is 6.09. The lowest BCUT2D eigenvalue weighted by Crippen LogP contribution is -2.45. The molecular weight excluding hydrogens is 278 g/mol. The van der Waals surface area contributed by atoms with E-state index in [1.54, 1.807) is 18.1 Å². The highest BCUT2D eigenvalue weighted by Gasteiger charge is 2.41. The summed E-state index contributed by atoms with van der Waals surface area (Å²) in [7, 11) is 1.80. The van der Waals surface area contributed by atoms with Crippen LogP contribution in [0.5, 0.6) is 0 Å². The van der Waals surface area contributed by atoms with E-state index in [9.17, 15) is 9.59 Å². The molecule has 5 nitrogen and oxygen atoms in total. The van der Waals surface area contributed by atoms with Gasteiger partial charge in [-0.2, -0.15) is 0 Å². The molecule has 0 unspecified atom stereocenters. The standard InChI is InChI=1S/C17H23N3O2/c1-12(15-5-3-4-9-18-15)20(14-6-7-14)17(22)13-8-10-19(2)16(21)11-13/h3-5,9,12-14H,6-8,10-11H2,1-2H3/t12-,13-/m0/s1. The van der Waals surface area contributed by atoms with Gasteiger partial charge in [0.15, 0.2) is 0 Å². The van der Waals surface area contributed by atoms with E-state index in [0.717, 1.165) is 25.0 Å². The second kappa shape index (κ2) is 6.07. The van der Waals surface area contributed by atoms with Gasteiger partial charge in [0.1, 0.15) is 0 Å². The molecule has 1 aromatic rings. The van der Waals surface area contributed by atoms with Crippen molar-refractivity contribution in [3.8, 4) is 0 Å². The fraction of sp³-hybridized carbons (Fsp3) is 0.588. The lowest BCUT2D eigenvalue weighted by atomic mass is 9.94. The van der Waals surface area contributed by atoms with E-state index in [1.165, 1.54) is 0 Å². The van der Waals surface area contributed by atoms with Crippen LogP contribution < -0.4 is 0 Å². The number of amides is 2. The first-order valence-corrected chi connectivity index (χ1v) is 8.05. The average molecular weight is 301 g/mol. The number of hydrogen-bond acceptors (Lipinski definition) is 3. The Bertz CT molecular complexity index is 556. The molecule has 1 saturated carbocycles. The van der Waals surface area contributed by atoms with Crippen LogP contribution in [0.25, 0.3) is 0 Å². The summed E-state index contributed by atoms with van der Waals surface area (Å²) in [5, 5.41) is 0. The van der Waals surface area contributed by atoms with Gasteiger partial charge in [-0.1, -0.05) is 6.07 Å². The highest BCUT2D eigenvalue weighted by atomic mass is 16.2. The Hall–Kier alpha value is -1.91. The SMILES string of the molecule is C[C@@H](c1ccccn1)N(C(=O)[C@H]1CCN(C)C(=O)C1)C1CC1. The largest absolute Gasteiger partial charge is 0.346 e. The zero-order chi connectivity index (χ0) is 15.7. The van der Waals surface area contributed by atoms with Crippen molar-refractivity contribution in [3.05, 3.63) is 30.1 Å². The van der Waals surface area contributed by atoms with Crippen LogP contribution in [0.4, 0.5) is 0 Å². The molecule has 2 amide bonds. The molecule has 0 radical (unpaired) electrons. The van der Waals surface area contributed by atoms with Gasteiger partial charge in [-0.15, -0.1) is 0 Å². The monoisotopic (exact) mass is 301 g/mol. The third kappa shape index (κ3) is 2.98. The molecule has 118 valence electrons. The summed E-state index contributed by atoms with van der Waals surface area (Å²) in [6.07, 6.45) is 4.99. The highest BCUT2D eigenvalue weighted by molar-refractivity contribution is 5.87. The Morgan fingerprint density at radius 1 is 1.36 bits per heavy atom. The van der Waals surface area contributed by atoms with E-state index in [0.29, 0.717) is 19.0 Å². The van der Waals surface area contributed by atoms with Crippen molar-refractivity contribution in [2.45, 2.75) is 44.7 Å². The van der Waals surface area contributed by atoms with Crippen molar-refractivity contribution < 1.29 is 9.59 Å². The maximum Gasteiger partial charge on any atom is 0.227 e. The maximum atomic E-state index is 13.0. The van der Waals surface area contributed by atoms with E-state index in [1.807, 2.05) is 30.0 Å². The fourth-order valence-corrected chi connectivity index (χ4v) is 3.17. The topological polar surface area (TPSA) is 53.5 Å². The summed E-state index contributed by atoms with van der Waals surface area (Å²) in [5.41, 5.74) is 0.919. The summed E-state index contributed by atoms with van der Waals surface area (Å²) >= 11 is 0. The molecule has 1 aromatic heterocycles. The molecule has 22 heavy (non-hydrogen) atoms. The maximum absolute atomic E-state index is 13.0. The van der Waals surface area contributed by atoms with E-state index < -0.39 is 0 Å². The van der Waals surface area contributed by atoms with E-state index >= 15 is 0 Å². The quantitative estimate of drug-likeness (QED) is 0.855. The second-order valence-corrected chi connectivity index (χ2v) is 6.41. The van der Waals surface area contributed by atoms with Crippen LogP contribution in [0.15, 0.2) is 24.4 Å². The zero-order valence-corrected chi connectivity index (χ0v) is 13.2. The van der Waals surface area contributed by atoms with E-state index in [4.69, 9.17) is 0 Å². The Kier molecular flexibility index (Phi) is 4.14. The molecule has 0 bridgehead atoms. The van der Waals surface area contributed by atoms with Crippen molar-refractivity contribution in [2.75, 3.05) is 13.6 Å². The predicted molar refractivity (Wildman–Crippen MR) is 82.9 cm³/mol. The number of hydrogen-bond donors (Lipinski definition) is 0. The van der Waals surface area contributed by atoms with Gasteiger partial charge in [0.25, 0.3) is 0 Å². The zero-order valence-electron chi connectivity index (χ0n) is 13.2. The third-order valence-corrected chi connectivity index (χ3v) is 4.74. The van der Waals surface area contributed by atoms with Crippen molar-refractivity contribution in [3.63, 3.8) is 0 Å². The number of aromatic nitrogens is 1. The van der Waals surface area contributed by atoms with Crippen molar-refractivity contribution in [1.82, 2.24) is 14.8 Å². The number of rotatable bonds is 4. The van der Waals surface area contributed by atoms with Crippen LogP contribution in [0.3, 0.4) is 0 Å². The third-order valence-electron chi connectivity index (χ3n) is 4.74. The Morgan fingerprint density at radius 3 is 2.73 bits per heavy atom. The lowest BCUT2D eigenvalue weighted by molar-refractivity contribution is -0.146. The van der Waals surface area contributed by atoms with Gasteiger partial charge in [-0.3, -0.25) is 14.6 Å². The Balaban J connectivity index is 1.76. The van der Waals surface area contributed by atoms with Crippen molar-refractivity contribution >= 4 is 11.8 Å². The molecule has 2 heterocycles. The summed E-state index contributed by atoms with van der Waals surface area (Å²) in [5.74, 6) is 0.0309. The van der Waals surface area contributed by atoms with Crippen molar-refractivity contribution in [1.29, 1.82) is 0 Å². The number of likely N-dealkylation sites (tertiary alicyclic amines) is 1. The van der Waals surface area contributed by atoms with Gasteiger partial charge in [0.05, 0.1) is 11.7 Å². The van der Waals surface area contributed by atoms with Crippen molar-refractivity contribution in [2.24, 2.45) is 5.92 Å². The molecule has 5 heteroatoms. The Labute approximate surface area is 131 Å². The van der Waals surface area contributed by atoms with E-state index in [2.05, 4.69) is 4.98 Å². The first-order valence-electron chi connectivity index (χ1n) is 8.05. The minimum absolute atomic E-state index is 0.0315. The van der Waals surface area contributed by atoms with Gasteiger partial charge in [0.2, 0.25) is 11.8 Å². The molecule has 0 aromatic carbocycles. The number of piperidine rings is 1. The molecule has 0 spiro atoms. The van der Waals surface area contributed by atoms with E-state index in [-0.39, 0.29) is 23.8 Å². The molecule has 3 rings (SSSR count). The minimum Gasteiger partial charge on any atom is -0.346 e. The number of pyridine rings is 1. The molecule has 2 aliphatic rings. The number of carbonyl (C=O) groups excluding carboxylic acids is 2. The van der Waals surface area contributed by atoms with Crippen LogP contribution in [0.2, 0.25) is 0 Å². The van der Waals surface area contributed by atoms with Gasteiger partial charge in [-0.25, -0.2) is 0 Å². The molecule has 2 fully saturated rings. The first-order chi connectivity index (χ1) is 10.6. The summed E-state index contributed by atoms with van der Waals surface area (Å²) in [4.78, 5) is 33.0. The normalized spacial score (nSPS) is 23.3. The molecule has 1 aliphatic heterocycles. The van der Waals surface area contributed by atoms with Gasteiger partial charge >= 0.3 is 0 Å². The fourth-order valence-electron chi connectivity index (χ4n) is 3.17. The Morgan fingerprint density at radius 2 is 2.14 bits per heavy atom.